The monoisotopic (exact) mass is 271 g/mol. The predicted octanol–water partition coefficient (Wildman–Crippen LogP) is 2.86. The van der Waals surface area contributed by atoms with Gasteiger partial charge in [-0.3, -0.25) is 0 Å². The molecule has 5 heteroatoms. The third-order valence-corrected chi connectivity index (χ3v) is 3.52. The van der Waals surface area contributed by atoms with Crippen LogP contribution >= 0.6 is 11.8 Å². The lowest BCUT2D eigenvalue weighted by Gasteiger charge is -2.11. The van der Waals surface area contributed by atoms with Gasteiger partial charge in [0.25, 0.3) is 0 Å². The standard InChI is InChI=1S/C14H13N3OS/c1-9-7-16-14(17-8-9)19-13-5-11(6-15)3-4-12(13)10(2)18/h3-5,7-8,10,18H,1-2H3. The molecular formula is C14H13N3OS. The molecule has 1 N–H and O–H groups in total. The highest BCUT2D eigenvalue weighted by atomic mass is 32.2. The van der Waals surface area contributed by atoms with Crippen LogP contribution in [-0.2, 0) is 0 Å². The van der Waals surface area contributed by atoms with Crippen molar-refractivity contribution in [3.63, 3.8) is 0 Å². The Morgan fingerprint density at radius 3 is 2.58 bits per heavy atom. The molecule has 1 heterocycles. The highest BCUT2D eigenvalue weighted by Gasteiger charge is 2.11. The van der Waals surface area contributed by atoms with Gasteiger partial charge in [0, 0.05) is 17.3 Å². The number of hydrogen-bond acceptors (Lipinski definition) is 5. The van der Waals surface area contributed by atoms with Gasteiger partial charge < -0.3 is 5.11 Å². The third kappa shape index (κ3) is 3.31. The molecule has 0 radical (unpaired) electrons. The van der Waals surface area contributed by atoms with E-state index < -0.39 is 6.10 Å². The zero-order valence-electron chi connectivity index (χ0n) is 10.7. The van der Waals surface area contributed by atoms with Gasteiger partial charge in [0.05, 0.1) is 17.7 Å². The average molecular weight is 271 g/mol. The predicted molar refractivity (Wildman–Crippen MR) is 72.7 cm³/mol. The maximum atomic E-state index is 9.75. The molecule has 0 bridgehead atoms. The Kier molecular flexibility index (Phi) is 4.15. The Morgan fingerprint density at radius 1 is 1.32 bits per heavy atom. The van der Waals surface area contributed by atoms with Gasteiger partial charge in [-0.1, -0.05) is 6.07 Å². The number of nitrogens with zero attached hydrogens (tertiary/aromatic N) is 3. The lowest BCUT2D eigenvalue weighted by molar-refractivity contribution is 0.196. The molecule has 0 amide bonds. The van der Waals surface area contributed by atoms with Gasteiger partial charge in [0.2, 0.25) is 0 Å². The van der Waals surface area contributed by atoms with Crippen molar-refractivity contribution < 1.29 is 5.11 Å². The van der Waals surface area contributed by atoms with E-state index in [-0.39, 0.29) is 0 Å². The van der Waals surface area contributed by atoms with Gasteiger partial charge in [0.15, 0.2) is 5.16 Å². The molecular weight excluding hydrogens is 258 g/mol. The summed E-state index contributed by atoms with van der Waals surface area (Å²) in [6.45, 7) is 3.62. The van der Waals surface area contributed by atoms with Crippen LogP contribution in [0.5, 0.6) is 0 Å². The van der Waals surface area contributed by atoms with Gasteiger partial charge in [-0.05, 0) is 48.9 Å². The van der Waals surface area contributed by atoms with E-state index in [2.05, 4.69) is 16.0 Å². The largest absolute Gasteiger partial charge is 0.389 e. The van der Waals surface area contributed by atoms with Crippen LogP contribution in [0, 0.1) is 18.3 Å². The zero-order chi connectivity index (χ0) is 13.8. The van der Waals surface area contributed by atoms with Crippen LogP contribution in [0.4, 0.5) is 0 Å². The lowest BCUT2D eigenvalue weighted by atomic mass is 10.1. The summed E-state index contributed by atoms with van der Waals surface area (Å²) in [5.41, 5.74) is 2.32. The fraction of sp³-hybridized carbons (Fsp3) is 0.214. The summed E-state index contributed by atoms with van der Waals surface area (Å²) in [5, 5.41) is 19.3. The van der Waals surface area contributed by atoms with E-state index in [1.807, 2.05) is 6.92 Å². The Bertz CT molecular complexity index is 618. The van der Waals surface area contributed by atoms with Gasteiger partial charge in [-0.25, -0.2) is 9.97 Å². The van der Waals surface area contributed by atoms with E-state index in [1.165, 1.54) is 11.8 Å². The molecule has 1 atom stereocenters. The smallest absolute Gasteiger partial charge is 0.192 e. The molecule has 1 aromatic carbocycles. The van der Waals surface area contributed by atoms with Gasteiger partial charge in [-0.2, -0.15) is 5.26 Å². The third-order valence-electron chi connectivity index (χ3n) is 2.55. The van der Waals surface area contributed by atoms with Crippen LogP contribution in [0.3, 0.4) is 0 Å². The van der Waals surface area contributed by atoms with Crippen LogP contribution < -0.4 is 0 Å². The summed E-state index contributed by atoms with van der Waals surface area (Å²) in [6, 6.07) is 7.30. The first kappa shape index (κ1) is 13.5. The first-order valence-electron chi connectivity index (χ1n) is 5.79. The summed E-state index contributed by atoms with van der Waals surface area (Å²) in [7, 11) is 0. The van der Waals surface area contributed by atoms with Crippen molar-refractivity contribution in [2.24, 2.45) is 0 Å². The van der Waals surface area contributed by atoms with Crippen molar-refractivity contribution in [3.05, 3.63) is 47.3 Å². The number of aliphatic hydroxyl groups excluding tert-OH is 1. The van der Waals surface area contributed by atoms with E-state index >= 15 is 0 Å². The number of aromatic nitrogens is 2. The molecule has 1 aromatic heterocycles. The van der Waals surface area contributed by atoms with E-state index in [0.717, 1.165) is 16.0 Å². The number of rotatable bonds is 3. The maximum Gasteiger partial charge on any atom is 0.192 e. The van der Waals surface area contributed by atoms with Crippen molar-refractivity contribution in [2.75, 3.05) is 0 Å². The number of nitriles is 1. The molecule has 96 valence electrons. The molecule has 1 unspecified atom stereocenters. The van der Waals surface area contributed by atoms with Crippen molar-refractivity contribution in [1.82, 2.24) is 9.97 Å². The van der Waals surface area contributed by atoms with Crippen molar-refractivity contribution in [3.8, 4) is 6.07 Å². The molecule has 0 aliphatic carbocycles. The average Bonchev–Trinajstić information content (AvgIpc) is 2.41. The van der Waals surface area contributed by atoms with E-state index in [0.29, 0.717) is 10.7 Å². The van der Waals surface area contributed by atoms with Crippen molar-refractivity contribution >= 4 is 11.8 Å². The van der Waals surface area contributed by atoms with Gasteiger partial charge in [0.1, 0.15) is 0 Å². The first-order chi connectivity index (χ1) is 9.10. The second-order valence-corrected chi connectivity index (χ2v) is 5.19. The molecule has 0 spiro atoms. The fourth-order valence-corrected chi connectivity index (χ4v) is 2.52. The van der Waals surface area contributed by atoms with Gasteiger partial charge in [-0.15, -0.1) is 0 Å². The van der Waals surface area contributed by atoms with Crippen LogP contribution in [0.1, 0.15) is 29.7 Å². The molecule has 2 rings (SSSR count). The minimum absolute atomic E-state index is 0.555. The number of benzene rings is 1. The van der Waals surface area contributed by atoms with E-state index in [9.17, 15) is 5.11 Å². The maximum absolute atomic E-state index is 9.75. The Labute approximate surface area is 116 Å². The highest BCUT2D eigenvalue weighted by Crippen LogP contribution is 2.32. The molecule has 0 saturated heterocycles. The number of aliphatic hydroxyl groups is 1. The minimum atomic E-state index is -0.597. The van der Waals surface area contributed by atoms with Crippen molar-refractivity contribution in [1.29, 1.82) is 5.26 Å². The first-order valence-corrected chi connectivity index (χ1v) is 6.60. The van der Waals surface area contributed by atoms with E-state index in [4.69, 9.17) is 5.26 Å². The van der Waals surface area contributed by atoms with Crippen LogP contribution in [0.2, 0.25) is 0 Å². The van der Waals surface area contributed by atoms with Crippen LogP contribution in [0.15, 0.2) is 40.6 Å². The SMILES string of the molecule is Cc1cnc(Sc2cc(C#N)ccc2C(C)O)nc1. The summed E-state index contributed by atoms with van der Waals surface area (Å²) in [5.74, 6) is 0. The summed E-state index contributed by atoms with van der Waals surface area (Å²) in [4.78, 5) is 9.24. The lowest BCUT2D eigenvalue weighted by Crippen LogP contribution is -1.96. The quantitative estimate of drug-likeness (QED) is 0.869. The summed E-state index contributed by atoms with van der Waals surface area (Å²) in [6.07, 6.45) is 2.89. The topological polar surface area (TPSA) is 69.8 Å². The van der Waals surface area contributed by atoms with Crippen molar-refractivity contribution in [2.45, 2.75) is 30.0 Å². The Balaban J connectivity index is 2.37. The highest BCUT2D eigenvalue weighted by molar-refractivity contribution is 7.99. The van der Waals surface area contributed by atoms with E-state index in [1.54, 1.807) is 37.5 Å². The molecule has 19 heavy (non-hydrogen) atoms. The zero-order valence-corrected chi connectivity index (χ0v) is 11.5. The second-order valence-electron chi connectivity index (χ2n) is 4.19. The molecule has 0 fully saturated rings. The summed E-state index contributed by atoms with van der Waals surface area (Å²) >= 11 is 1.35. The van der Waals surface area contributed by atoms with Crippen LogP contribution in [0.25, 0.3) is 0 Å². The fourth-order valence-electron chi connectivity index (χ4n) is 1.57. The molecule has 0 saturated carbocycles. The molecule has 2 aromatic rings. The number of hydrogen-bond donors (Lipinski definition) is 1. The summed E-state index contributed by atoms with van der Waals surface area (Å²) < 4.78 is 0. The Hall–Kier alpha value is -1.90. The normalized spacial score (nSPS) is 11.9. The molecule has 0 aliphatic rings. The van der Waals surface area contributed by atoms with Crippen LogP contribution in [-0.4, -0.2) is 15.1 Å². The number of aryl methyl sites for hydroxylation is 1. The minimum Gasteiger partial charge on any atom is -0.389 e. The molecule has 0 aliphatic heterocycles. The second kappa shape index (κ2) is 5.83. The Morgan fingerprint density at radius 2 is 2.00 bits per heavy atom. The van der Waals surface area contributed by atoms with Gasteiger partial charge >= 0.3 is 0 Å². The molecule has 4 nitrogen and oxygen atoms in total.